The van der Waals surface area contributed by atoms with Gasteiger partial charge in [-0.05, 0) is 23.6 Å². The van der Waals surface area contributed by atoms with Crippen molar-refractivity contribution in [3.05, 3.63) is 28.4 Å². The molecular weight excluding hydrogens is 332 g/mol. The molecule has 118 valence electrons. The molecule has 1 amide bonds. The van der Waals surface area contributed by atoms with Crippen LogP contribution in [0.5, 0.6) is 0 Å². The Kier molecular flexibility index (Phi) is 3.60. The van der Waals surface area contributed by atoms with Crippen LogP contribution < -0.4 is 11.1 Å². The fourth-order valence-corrected chi connectivity index (χ4v) is 3.45. The standard InChI is InChI=1S/C12H13ClN4O4S/c13-9-1-6-2-10(14)12(18)15-3-7(6)8-4-16-17(11(8)9)5-22(19,20)21/h1,4,10H,2-3,5,14H2,(H,15,18)(H,19,20,21). The van der Waals surface area contributed by atoms with Crippen LogP contribution in [-0.4, -0.2) is 34.7 Å². The van der Waals surface area contributed by atoms with Gasteiger partial charge in [-0.3, -0.25) is 9.35 Å². The van der Waals surface area contributed by atoms with Crippen molar-refractivity contribution in [1.29, 1.82) is 0 Å². The smallest absolute Gasteiger partial charge is 0.285 e. The van der Waals surface area contributed by atoms with E-state index < -0.39 is 22.0 Å². The lowest BCUT2D eigenvalue weighted by Crippen LogP contribution is -2.39. The predicted octanol–water partition coefficient (Wildman–Crippen LogP) is 0.0346. The molecule has 0 spiro atoms. The van der Waals surface area contributed by atoms with Gasteiger partial charge < -0.3 is 11.1 Å². The lowest BCUT2D eigenvalue weighted by Gasteiger charge is -2.10. The predicted molar refractivity (Wildman–Crippen MR) is 79.8 cm³/mol. The van der Waals surface area contributed by atoms with E-state index in [4.69, 9.17) is 21.9 Å². The van der Waals surface area contributed by atoms with Gasteiger partial charge in [0, 0.05) is 11.9 Å². The Bertz CT molecular complexity index is 877. The van der Waals surface area contributed by atoms with Crippen LogP contribution in [0, 0.1) is 0 Å². The molecule has 2 aromatic rings. The Labute approximate surface area is 131 Å². The number of fused-ring (bicyclic) bond motifs is 3. The second-order valence-electron chi connectivity index (χ2n) is 5.14. The van der Waals surface area contributed by atoms with Crippen molar-refractivity contribution >= 4 is 38.5 Å². The minimum Gasteiger partial charge on any atom is -0.351 e. The van der Waals surface area contributed by atoms with Crippen molar-refractivity contribution in [1.82, 2.24) is 15.1 Å². The zero-order valence-electron chi connectivity index (χ0n) is 11.3. The summed E-state index contributed by atoms with van der Waals surface area (Å²) in [6.45, 7) is 0.257. The van der Waals surface area contributed by atoms with Crippen molar-refractivity contribution < 1.29 is 17.8 Å². The summed E-state index contributed by atoms with van der Waals surface area (Å²) in [5.41, 5.74) is 7.79. The van der Waals surface area contributed by atoms with Gasteiger partial charge in [0.1, 0.15) is 0 Å². The molecule has 4 N–H and O–H groups in total. The van der Waals surface area contributed by atoms with E-state index >= 15 is 0 Å². The largest absolute Gasteiger partial charge is 0.351 e. The molecule has 10 heteroatoms. The number of nitrogens with two attached hydrogens (primary N) is 1. The highest BCUT2D eigenvalue weighted by Gasteiger charge is 2.24. The number of rotatable bonds is 2. The van der Waals surface area contributed by atoms with Crippen molar-refractivity contribution in [3.8, 4) is 0 Å². The third-order valence-corrected chi connectivity index (χ3v) is 4.44. The number of hydrogen-bond donors (Lipinski definition) is 3. The summed E-state index contributed by atoms with van der Waals surface area (Å²) in [5, 5.41) is 7.59. The Morgan fingerprint density at radius 1 is 1.55 bits per heavy atom. The maximum absolute atomic E-state index is 11.7. The van der Waals surface area contributed by atoms with Gasteiger partial charge in [-0.1, -0.05) is 11.6 Å². The topological polar surface area (TPSA) is 127 Å². The average molecular weight is 345 g/mol. The highest BCUT2D eigenvalue weighted by Crippen LogP contribution is 2.31. The van der Waals surface area contributed by atoms with Crippen molar-refractivity contribution in [3.63, 3.8) is 0 Å². The summed E-state index contributed by atoms with van der Waals surface area (Å²) in [5.74, 6) is -0.952. The molecule has 1 atom stereocenters. The van der Waals surface area contributed by atoms with E-state index in [1.165, 1.54) is 6.20 Å². The third kappa shape index (κ3) is 2.68. The van der Waals surface area contributed by atoms with E-state index in [9.17, 15) is 13.2 Å². The minimum atomic E-state index is -4.25. The van der Waals surface area contributed by atoms with E-state index in [0.29, 0.717) is 17.3 Å². The number of amides is 1. The molecule has 2 heterocycles. The van der Waals surface area contributed by atoms with Crippen LogP contribution in [0.3, 0.4) is 0 Å². The Morgan fingerprint density at radius 2 is 2.27 bits per heavy atom. The van der Waals surface area contributed by atoms with Crippen LogP contribution in [0.4, 0.5) is 0 Å². The van der Waals surface area contributed by atoms with Gasteiger partial charge in [0.2, 0.25) is 5.91 Å². The fraction of sp³-hybridized carbons (Fsp3) is 0.333. The molecule has 3 rings (SSSR count). The average Bonchev–Trinajstić information content (AvgIpc) is 2.73. The van der Waals surface area contributed by atoms with E-state index in [2.05, 4.69) is 10.4 Å². The number of carbonyl (C=O) groups excluding carboxylic acids is 1. The van der Waals surface area contributed by atoms with Crippen LogP contribution in [0.1, 0.15) is 11.1 Å². The third-order valence-electron chi connectivity index (χ3n) is 3.58. The molecule has 1 aliphatic heterocycles. The summed E-state index contributed by atoms with van der Waals surface area (Å²) >= 11 is 6.22. The van der Waals surface area contributed by atoms with Crippen LogP contribution in [-0.2, 0) is 33.8 Å². The van der Waals surface area contributed by atoms with Gasteiger partial charge in [0.05, 0.1) is 22.8 Å². The normalized spacial score (nSPS) is 18.9. The summed E-state index contributed by atoms with van der Waals surface area (Å²) < 4.78 is 32.2. The monoisotopic (exact) mass is 344 g/mol. The van der Waals surface area contributed by atoms with Crippen LogP contribution >= 0.6 is 11.6 Å². The number of aromatic nitrogens is 2. The first kappa shape index (κ1) is 15.2. The van der Waals surface area contributed by atoms with Gasteiger partial charge >= 0.3 is 0 Å². The molecule has 0 saturated heterocycles. The van der Waals surface area contributed by atoms with E-state index in [0.717, 1.165) is 15.8 Å². The molecular formula is C12H13ClN4O4S. The zero-order chi connectivity index (χ0) is 16.1. The minimum absolute atomic E-state index is 0.257. The number of nitrogens with zero attached hydrogens (tertiary/aromatic N) is 2. The first-order chi connectivity index (χ1) is 10.3. The van der Waals surface area contributed by atoms with E-state index in [1.807, 2.05) is 0 Å². The molecule has 0 aliphatic carbocycles. The van der Waals surface area contributed by atoms with Gasteiger partial charge in [-0.15, -0.1) is 0 Å². The van der Waals surface area contributed by atoms with E-state index in [-0.39, 0.29) is 17.5 Å². The molecule has 8 nitrogen and oxygen atoms in total. The van der Waals surface area contributed by atoms with Crippen molar-refractivity contribution in [2.24, 2.45) is 5.73 Å². The molecule has 1 unspecified atom stereocenters. The molecule has 1 aliphatic rings. The Hall–Kier alpha value is -1.68. The lowest BCUT2D eigenvalue weighted by molar-refractivity contribution is -0.122. The highest BCUT2D eigenvalue weighted by atomic mass is 35.5. The maximum Gasteiger partial charge on any atom is 0.285 e. The number of hydrogen-bond acceptors (Lipinski definition) is 5. The van der Waals surface area contributed by atoms with Crippen molar-refractivity contribution in [2.45, 2.75) is 24.9 Å². The number of nitrogens with one attached hydrogen (secondary N) is 1. The molecule has 1 aromatic heterocycles. The molecule has 1 aromatic carbocycles. The second-order valence-corrected chi connectivity index (χ2v) is 6.97. The summed E-state index contributed by atoms with van der Waals surface area (Å²) in [6.07, 6.45) is 1.80. The Morgan fingerprint density at radius 3 is 2.95 bits per heavy atom. The van der Waals surface area contributed by atoms with Crippen LogP contribution in [0.25, 0.3) is 10.9 Å². The summed E-state index contributed by atoms with van der Waals surface area (Å²) in [4.78, 5) is 11.7. The Balaban J connectivity index is 2.19. The maximum atomic E-state index is 11.7. The van der Waals surface area contributed by atoms with Gasteiger partial charge in [0.25, 0.3) is 10.1 Å². The fourth-order valence-electron chi connectivity index (χ4n) is 2.62. The van der Waals surface area contributed by atoms with Gasteiger partial charge in [0.15, 0.2) is 5.88 Å². The first-order valence-corrected chi connectivity index (χ1v) is 8.39. The van der Waals surface area contributed by atoms with E-state index in [1.54, 1.807) is 6.07 Å². The molecule has 0 radical (unpaired) electrons. The van der Waals surface area contributed by atoms with Crippen molar-refractivity contribution in [2.75, 3.05) is 0 Å². The highest BCUT2D eigenvalue weighted by molar-refractivity contribution is 7.84. The lowest BCUT2D eigenvalue weighted by atomic mass is 9.99. The summed E-state index contributed by atoms with van der Waals surface area (Å²) in [6, 6.07) is 0.990. The summed E-state index contributed by atoms with van der Waals surface area (Å²) in [7, 11) is -4.25. The number of carbonyl (C=O) groups is 1. The van der Waals surface area contributed by atoms with Crippen LogP contribution in [0.2, 0.25) is 5.02 Å². The van der Waals surface area contributed by atoms with Gasteiger partial charge in [-0.2, -0.15) is 13.5 Å². The second kappa shape index (κ2) is 5.20. The number of halogens is 1. The van der Waals surface area contributed by atoms with Crippen LogP contribution in [0.15, 0.2) is 12.3 Å². The molecule has 0 fully saturated rings. The number of benzene rings is 1. The molecule has 0 bridgehead atoms. The molecule has 22 heavy (non-hydrogen) atoms. The quantitative estimate of drug-likeness (QED) is 0.660. The first-order valence-electron chi connectivity index (χ1n) is 6.40. The van der Waals surface area contributed by atoms with Gasteiger partial charge in [-0.25, -0.2) is 4.68 Å². The molecule has 0 saturated carbocycles. The zero-order valence-corrected chi connectivity index (χ0v) is 12.9. The SMILES string of the molecule is NC1Cc2cc(Cl)c3c(cnn3CS(=O)(=O)O)c2CNC1=O.